The van der Waals surface area contributed by atoms with Crippen molar-refractivity contribution in [2.45, 2.75) is 95.5 Å². The molecule has 2 aliphatic carbocycles. The molecule has 1 N–H and O–H groups in total. The molecule has 1 heterocycles. The number of amides is 1. The van der Waals surface area contributed by atoms with E-state index in [2.05, 4.69) is 5.32 Å². The first kappa shape index (κ1) is 19.1. The van der Waals surface area contributed by atoms with Gasteiger partial charge in [-0.25, -0.2) is 0 Å². The molecule has 146 valence electrons. The van der Waals surface area contributed by atoms with Crippen LogP contribution in [0.5, 0.6) is 0 Å². The van der Waals surface area contributed by atoms with E-state index < -0.39 is 47.7 Å². The van der Waals surface area contributed by atoms with E-state index in [4.69, 9.17) is 18.9 Å². The molecule has 0 bridgehead atoms. The average Bonchev–Trinajstić information content (AvgIpc) is 2.95. The lowest BCUT2D eigenvalue weighted by molar-refractivity contribution is -0.228. The van der Waals surface area contributed by atoms with E-state index in [0.29, 0.717) is 0 Å². The number of carbonyl (C=O) groups is 3. The van der Waals surface area contributed by atoms with Crippen molar-refractivity contribution >= 4 is 17.8 Å². The first-order valence-corrected chi connectivity index (χ1v) is 9.16. The van der Waals surface area contributed by atoms with Gasteiger partial charge in [0.2, 0.25) is 5.91 Å². The van der Waals surface area contributed by atoms with E-state index in [1.165, 1.54) is 20.8 Å². The predicted molar refractivity (Wildman–Crippen MR) is 88.9 cm³/mol. The SMILES string of the molecule is CC(=O)NC1(C)[C@H](OC(C)=O)[C@@H]2OC3(CCCCC3)O[C@@H]2[C@H]1OC(C)=O. The molecular weight excluding hydrogens is 342 g/mol. The molecule has 2 saturated carbocycles. The third-order valence-electron chi connectivity index (χ3n) is 5.45. The molecule has 1 amide bonds. The van der Waals surface area contributed by atoms with Gasteiger partial charge in [0.15, 0.2) is 18.0 Å². The highest BCUT2D eigenvalue weighted by molar-refractivity contribution is 5.75. The first-order chi connectivity index (χ1) is 12.2. The number of fused-ring (bicyclic) bond motifs is 1. The summed E-state index contributed by atoms with van der Waals surface area (Å²) in [5.41, 5.74) is -1.14. The second kappa shape index (κ2) is 6.81. The maximum atomic E-state index is 11.8. The Bertz CT molecular complexity index is 564. The first-order valence-electron chi connectivity index (χ1n) is 9.16. The second-order valence-electron chi connectivity index (χ2n) is 7.66. The smallest absolute Gasteiger partial charge is 0.303 e. The second-order valence-corrected chi connectivity index (χ2v) is 7.66. The third kappa shape index (κ3) is 3.32. The molecule has 3 fully saturated rings. The van der Waals surface area contributed by atoms with Gasteiger partial charge in [-0.3, -0.25) is 14.4 Å². The number of hydrogen-bond donors (Lipinski definition) is 1. The van der Waals surface area contributed by atoms with Crippen molar-refractivity contribution in [2.75, 3.05) is 0 Å². The Morgan fingerprint density at radius 2 is 1.35 bits per heavy atom. The number of ether oxygens (including phenoxy) is 4. The van der Waals surface area contributed by atoms with Gasteiger partial charge in [-0.2, -0.15) is 0 Å². The minimum atomic E-state index is -1.14. The molecule has 3 rings (SSSR count). The molecule has 5 atom stereocenters. The fraction of sp³-hybridized carbons (Fsp3) is 0.833. The number of carbonyl (C=O) groups excluding carboxylic acids is 3. The lowest BCUT2D eigenvalue weighted by atomic mass is 9.92. The summed E-state index contributed by atoms with van der Waals surface area (Å²) in [5.74, 6) is -2.06. The average molecular weight is 369 g/mol. The van der Waals surface area contributed by atoms with Gasteiger partial charge in [-0.15, -0.1) is 0 Å². The molecule has 0 aromatic carbocycles. The molecule has 0 aromatic heterocycles. The van der Waals surface area contributed by atoms with E-state index in [1.54, 1.807) is 6.92 Å². The third-order valence-corrected chi connectivity index (χ3v) is 5.45. The van der Waals surface area contributed by atoms with Crippen LogP contribution in [0.3, 0.4) is 0 Å². The van der Waals surface area contributed by atoms with Crippen molar-refractivity contribution in [3.63, 3.8) is 0 Å². The highest BCUT2D eigenvalue weighted by atomic mass is 16.8. The largest absolute Gasteiger partial charge is 0.457 e. The van der Waals surface area contributed by atoms with E-state index in [9.17, 15) is 14.4 Å². The van der Waals surface area contributed by atoms with Crippen LogP contribution in [0.25, 0.3) is 0 Å². The maximum Gasteiger partial charge on any atom is 0.303 e. The van der Waals surface area contributed by atoms with Gasteiger partial charge in [0, 0.05) is 33.6 Å². The molecule has 1 unspecified atom stereocenters. The highest BCUT2D eigenvalue weighted by Crippen LogP contribution is 2.50. The van der Waals surface area contributed by atoms with Crippen molar-refractivity contribution in [3.8, 4) is 0 Å². The van der Waals surface area contributed by atoms with Crippen LogP contribution in [0.15, 0.2) is 0 Å². The van der Waals surface area contributed by atoms with E-state index in [0.717, 1.165) is 32.1 Å². The fourth-order valence-electron chi connectivity index (χ4n) is 4.55. The zero-order valence-corrected chi connectivity index (χ0v) is 15.7. The van der Waals surface area contributed by atoms with Crippen molar-refractivity contribution in [3.05, 3.63) is 0 Å². The minimum absolute atomic E-state index is 0.325. The van der Waals surface area contributed by atoms with E-state index in [-0.39, 0.29) is 5.91 Å². The summed E-state index contributed by atoms with van der Waals surface area (Å²) >= 11 is 0. The fourth-order valence-corrected chi connectivity index (χ4v) is 4.55. The Kier molecular flexibility index (Phi) is 5.00. The van der Waals surface area contributed by atoms with Gasteiger partial charge in [0.1, 0.15) is 17.7 Å². The van der Waals surface area contributed by atoms with Gasteiger partial charge in [0.25, 0.3) is 0 Å². The van der Waals surface area contributed by atoms with Crippen molar-refractivity contribution < 1.29 is 33.3 Å². The number of esters is 2. The van der Waals surface area contributed by atoms with Crippen LogP contribution in [0.1, 0.15) is 59.8 Å². The normalized spacial score (nSPS) is 37.8. The molecule has 0 aromatic rings. The minimum Gasteiger partial charge on any atom is -0.457 e. The Labute approximate surface area is 152 Å². The van der Waals surface area contributed by atoms with Crippen LogP contribution < -0.4 is 5.32 Å². The van der Waals surface area contributed by atoms with Crippen LogP contribution in [0, 0.1) is 0 Å². The maximum absolute atomic E-state index is 11.8. The van der Waals surface area contributed by atoms with Crippen LogP contribution in [-0.2, 0) is 33.3 Å². The number of rotatable bonds is 3. The van der Waals surface area contributed by atoms with Crippen LogP contribution in [0.4, 0.5) is 0 Å². The van der Waals surface area contributed by atoms with Gasteiger partial charge in [0.05, 0.1) is 0 Å². The molecular formula is C18H27NO7. The molecule has 26 heavy (non-hydrogen) atoms. The van der Waals surface area contributed by atoms with Crippen molar-refractivity contribution in [2.24, 2.45) is 0 Å². The number of nitrogens with one attached hydrogen (secondary N) is 1. The van der Waals surface area contributed by atoms with Gasteiger partial charge in [-0.1, -0.05) is 6.42 Å². The Morgan fingerprint density at radius 3 is 1.73 bits per heavy atom. The topological polar surface area (TPSA) is 100 Å². The summed E-state index contributed by atoms with van der Waals surface area (Å²) in [5, 5.41) is 2.80. The van der Waals surface area contributed by atoms with Gasteiger partial charge < -0.3 is 24.3 Å². The Balaban J connectivity index is 1.96. The monoisotopic (exact) mass is 369 g/mol. The van der Waals surface area contributed by atoms with Crippen LogP contribution in [-0.4, -0.2) is 53.6 Å². The quantitative estimate of drug-likeness (QED) is 0.746. The van der Waals surface area contributed by atoms with Crippen LogP contribution in [0.2, 0.25) is 0 Å². The zero-order chi connectivity index (χ0) is 19.1. The molecule has 8 heteroatoms. The molecule has 1 aliphatic heterocycles. The van der Waals surface area contributed by atoms with Gasteiger partial charge >= 0.3 is 11.9 Å². The van der Waals surface area contributed by atoms with Crippen LogP contribution >= 0.6 is 0 Å². The Hall–Kier alpha value is -1.67. The lowest BCUT2D eigenvalue weighted by Crippen LogP contribution is -2.62. The summed E-state index contributed by atoms with van der Waals surface area (Å²) in [4.78, 5) is 35.2. The highest BCUT2D eigenvalue weighted by Gasteiger charge is 2.69. The lowest BCUT2D eigenvalue weighted by Gasteiger charge is -2.40. The summed E-state index contributed by atoms with van der Waals surface area (Å²) in [6.45, 7) is 5.65. The van der Waals surface area contributed by atoms with Crippen molar-refractivity contribution in [1.29, 1.82) is 0 Å². The van der Waals surface area contributed by atoms with Crippen molar-refractivity contribution in [1.82, 2.24) is 5.32 Å². The molecule has 3 aliphatic rings. The molecule has 1 spiro atoms. The predicted octanol–water partition coefficient (Wildman–Crippen LogP) is 1.20. The summed E-state index contributed by atoms with van der Waals surface area (Å²) < 4.78 is 23.6. The van der Waals surface area contributed by atoms with Gasteiger partial charge in [-0.05, 0) is 19.8 Å². The summed E-state index contributed by atoms with van der Waals surface area (Å²) in [7, 11) is 0. The summed E-state index contributed by atoms with van der Waals surface area (Å²) in [6, 6.07) is 0. The van der Waals surface area contributed by atoms with E-state index in [1.807, 2.05) is 0 Å². The molecule has 0 radical (unpaired) electrons. The summed E-state index contributed by atoms with van der Waals surface area (Å²) in [6.07, 6.45) is 1.72. The number of hydrogen-bond acceptors (Lipinski definition) is 7. The molecule has 8 nitrogen and oxygen atoms in total. The Morgan fingerprint density at radius 1 is 0.885 bits per heavy atom. The standard InChI is InChI=1S/C18H27NO7/c1-10(20)19-17(4)15(23-11(2)21)13-14(16(17)24-12(3)22)26-18(25-13)8-6-5-7-9-18/h13-16H,5-9H2,1-4H3,(H,19,20)/t13-,14+,15-,16-,17?/m1/s1. The molecule has 1 saturated heterocycles. The van der Waals surface area contributed by atoms with E-state index >= 15 is 0 Å². The zero-order valence-electron chi connectivity index (χ0n) is 15.7.